The van der Waals surface area contributed by atoms with Gasteiger partial charge in [-0.05, 0) is 37.0 Å². The predicted octanol–water partition coefficient (Wildman–Crippen LogP) is 1.72. The van der Waals surface area contributed by atoms with Crippen LogP contribution in [0.3, 0.4) is 0 Å². The quantitative estimate of drug-likeness (QED) is 0.796. The Morgan fingerprint density at radius 3 is 2.57 bits per heavy atom. The minimum Gasteiger partial charge on any atom is -0.396 e. The lowest BCUT2D eigenvalue weighted by atomic mass is 9.93. The van der Waals surface area contributed by atoms with Gasteiger partial charge in [-0.1, -0.05) is 24.1 Å². The summed E-state index contributed by atoms with van der Waals surface area (Å²) in [5.41, 5.74) is 6.33. The van der Waals surface area contributed by atoms with E-state index in [1.54, 1.807) is 12.1 Å². The van der Waals surface area contributed by atoms with Gasteiger partial charge in [0, 0.05) is 25.7 Å². The molecule has 0 heterocycles. The highest BCUT2D eigenvalue weighted by molar-refractivity contribution is 7.89. The van der Waals surface area contributed by atoms with E-state index in [1.807, 2.05) is 0 Å². The van der Waals surface area contributed by atoms with Crippen LogP contribution in [0.5, 0.6) is 0 Å². The van der Waals surface area contributed by atoms with E-state index in [0.717, 1.165) is 24.8 Å². The molecular formula is C14H21ClN2O3S. The van der Waals surface area contributed by atoms with Gasteiger partial charge in [-0.25, -0.2) is 8.42 Å². The van der Waals surface area contributed by atoms with Gasteiger partial charge in [0.1, 0.15) is 4.90 Å². The highest BCUT2D eigenvalue weighted by Crippen LogP contribution is 2.33. The van der Waals surface area contributed by atoms with Crippen LogP contribution in [-0.2, 0) is 16.6 Å². The van der Waals surface area contributed by atoms with Crippen LogP contribution in [0.15, 0.2) is 23.1 Å². The van der Waals surface area contributed by atoms with E-state index >= 15 is 0 Å². The van der Waals surface area contributed by atoms with Crippen molar-refractivity contribution < 1.29 is 13.5 Å². The minimum atomic E-state index is -3.64. The zero-order chi connectivity index (χ0) is 15.5. The Hall–Kier alpha value is -0.660. The van der Waals surface area contributed by atoms with Gasteiger partial charge in [0.2, 0.25) is 10.0 Å². The first-order valence-corrected chi connectivity index (χ1v) is 8.93. The molecule has 2 rings (SSSR count). The second-order valence-electron chi connectivity index (χ2n) is 5.25. The van der Waals surface area contributed by atoms with E-state index in [1.165, 1.54) is 10.4 Å². The van der Waals surface area contributed by atoms with Gasteiger partial charge >= 0.3 is 0 Å². The number of rotatable bonds is 7. The van der Waals surface area contributed by atoms with Crippen molar-refractivity contribution in [2.45, 2.75) is 43.2 Å². The summed E-state index contributed by atoms with van der Waals surface area (Å²) < 4.78 is 27.1. The van der Waals surface area contributed by atoms with Crippen molar-refractivity contribution in [2.75, 3.05) is 13.2 Å². The number of halogens is 1. The van der Waals surface area contributed by atoms with Crippen LogP contribution < -0.4 is 5.73 Å². The molecule has 1 fully saturated rings. The molecule has 1 aliphatic carbocycles. The zero-order valence-corrected chi connectivity index (χ0v) is 13.4. The summed E-state index contributed by atoms with van der Waals surface area (Å²) in [6, 6.07) is 4.82. The molecule has 0 saturated heterocycles. The normalized spacial score (nSPS) is 16.2. The third kappa shape index (κ3) is 3.57. The van der Waals surface area contributed by atoms with Crippen molar-refractivity contribution in [3.63, 3.8) is 0 Å². The summed E-state index contributed by atoms with van der Waals surface area (Å²) in [7, 11) is -3.64. The fourth-order valence-electron chi connectivity index (χ4n) is 2.41. The third-order valence-corrected chi connectivity index (χ3v) is 6.27. The molecule has 7 heteroatoms. The molecule has 1 aromatic carbocycles. The fourth-order valence-corrected chi connectivity index (χ4v) is 4.67. The predicted molar refractivity (Wildman–Crippen MR) is 82.6 cm³/mol. The summed E-state index contributed by atoms with van der Waals surface area (Å²) >= 11 is 6.13. The van der Waals surface area contributed by atoms with Crippen molar-refractivity contribution in [3.8, 4) is 0 Å². The standard InChI is InChI=1S/C14H21ClN2O3S/c15-13-9-11(10-16)5-6-14(13)21(19,20)17(7-2-8-18)12-3-1-4-12/h5-6,9,12,18H,1-4,7-8,10,16H2. The maximum absolute atomic E-state index is 12.8. The molecule has 5 nitrogen and oxygen atoms in total. The van der Waals surface area contributed by atoms with Crippen LogP contribution in [0.2, 0.25) is 5.02 Å². The Morgan fingerprint density at radius 1 is 1.38 bits per heavy atom. The first kappa shape index (κ1) is 16.7. The maximum atomic E-state index is 12.8. The molecule has 0 atom stereocenters. The average Bonchev–Trinajstić information content (AvgIpc) is 2.40. The van der Waals surface area contributed by atoms with Crippen LogP contribution in [0.1, 0.15) is 31.2 Å². The van der Waals surface area contributed by atoms with Gasteiger partial charge < -0.3 is 10.8 Å². The average molecular weight is 333 g/mol. The van der Waals surface area contributed by atoms with Crippen LogP contribution >= 0.6 is 11.6 Å². The Kier molecular flexibility index (Phi) is 5.62. The first-order valence-electron chi connectivity index (χ1n) is 7.12. The summed E-state index contributed by atoms with van der Waals surface area (Å²) in [4.78, 5) is 0.117. The monoisotopic (exact) mass is 332 g/mol. The Morgan fingerprint density at radius 2 is 2.10 bits per heavy atom. The van der Waals surface area contributed by atoms with E-state index < -0.39 is 10.0 Å². The molecule has 0 bridgehead atoms. The molecule has 1 aliphatic rings. The van der Waals surface area contributed by atoms with E-state index in [4.69, 9.17) is 22.4 Å². The number of hydrogen-bond donors (Lipinski definition) is 2. The largest absolute Gasteiger partial charge is 0.396 e. The molecule has 21 heavy (non-hydrogen) atoms. The van der Waals surface area contributed by atoms with Gasteiger partial charge in [0.25, 0.3) is 0 Å². The summed E-state index contributed by atoms with van der Waals surface area (Å²) in [6.45, 7) is 0.605. The SMILES string of the molecule is NCc1ccc(S(=O)(=O)N(CCCO)C2CCC2)c(Cl)c1. The van der Waals surface area contributed by atoms with Crippen molar-refractivity contribution in [2.24, 2.45) is 5.73 Å². The number of aliphatic hydroxyl groups excluding tert-OH is 1. The van der Waals surface area contributed by atoms with Crippen LogP contribution in [0.25, 0.3) is 0 Å². The number of aliphatic hydroxyl groups is 1. The molecule has 118 valence electrons. The smallest absolute Gasteiger partial charge is 0.244 e. The van der Waals surface area contributed by atoms with Crippen LogP contribution in [0.4, 0.5) is 0 Å². The molecule has 0 amide bonds. The Labute approximate surface area is 130 Å². The molecular weight excluding hydrogens is 312 g/mol. The minimum absolute atomic E-state index is 0.0202. The van der Waals surface area contributed by atoms with E-state index in [0.29, 0.717) is 19.5 Å². The molecule has 0 unspecified atom stereocenters. The maximum Gasteiger partial charge on any atom is 0.244 e. The van der Waals surface area contributed by atoms with E-state index in [9.17, 15) is 8.42 Å². The Balaban J connectivity index is 2.33. The first-order chi connectivity index (χ1) is 10.0. The van der Waals surface area contributed by atoms with E-state index in [2.05, 4.69) is 0 Å². The van der Waals surface area contributed by atoms with Crippen molar-refractivity contribution >= 4 is 21.6 Å². The molecule has 0 aliphatic heterocycles. The highest BCUT2D eigenvalue weighted by atomic mass is 35.5. The lowest BCUT2D eigenvalue weighted by Gasteiger charge is -2.36. The molecule has 0 aromatic heterocycles. The third-order valence-electron chi connectivity index (χ3n) is 3.84. The van der Waals surface area contributed by atoms with Crippen molar-refractivity contribution in [1.82, 2.24) is 4.31 Å². The highest BCUT2D eigenvalue weighted by Gasteiger charge is 2.35. The summed E-state index contributed by atoms with van der Waals surface area (Å²) in [5.74, 6) is 0. The molecule has 0 spiro atoms. The lowest BCUT2D eigenvalue weighted by molar-refractivity contribution is 0.198. The number of nitrogens with two attached hydrogens (primary N) is 1. The molecule has 0 radical (unpaired) electrons. The number of nitrogens with zero attached hydrogens (tertiary/aromatic N) is 1. The molecule has 1 saturated carbocycles. The second-order valence-corrected chi connectivity index (χ2v) is 7.51. The topological polar surface area (TPSA) is 83.6 Å². The van der Waals surface area contributed by atoms with Crippen LogP contribution in [0, 0.1) is 0 Å². The van der Waals surface area contributed by atoms with Gasteiger partial charge in [-0.2, -0.15) is 4.31 Å². The lowest BCUT2D eigenvalue weighted by Crippen LogP contribution is -2.44. The number of sulfonamides is 1. The Bertz CT molecular complexity index is 588. The number of hydrogen-bond acceptors (Lipinski definition) is 4. The van der Waals surface area contributed by atoms with E-state index in [-0.39, 0.29) is 22.6 Å². The van der Waals surface area contributed by atoms with Gasteiger partial charge in [-0.15, -0.1) is 0 Å². The van der Waals surface area contributed by atoms with Crippen molar-refractivity contribution in [1.29, 1.82) is 0 Å². The van der Waals surface area contributed by atoms with Crippen LogP contribution in [-0.4, -0.2) is 37.0 Å². The van der Waals surface area contributed by atoms with Gasteiger partial charge in [0.05, 0.1) is 5.02 Å². The van der Waals surface area contributed by atoms with Crippen molar-refractivity contribution in [3.05, 3.63) is 28.8 Å². The molecule has 3 N–H and O–H groups in total. The second kappa shape index (κ2) is 7.07. The zero-order valence-electron chi connectivity index (χ0n) is 11.8. The number of benzene rings is 1. The fraction of sp³-hybridized carbons (Fsp3) is 0.571. The molecule has 1 aromatic rings. The van der Waals surface area contributed by atoms with Gasteiger partial charge in [0.15, 0.2) is 0 Å². The summed E-state index contributed by atoms with van der Waals surface area (Å²) in [6.07, 6.45) is 3.19. The summed E-state index contributed by atoms with van der Waals surface area (Å²) in [5, 5.41) is 9.19. The van der Waals surface area contributed by atoms with Gasteiger partial charge in [-0.3, -0.25) is 0 Å².